The van der Waals surface area contributed by atoms with E-state index < -0.39 is 0 Å². The van der Waals surface area contributed by atoms with Gasteiger partial charge < -0.3 is 4.74 Å². The Morgan fingerprint density at radius 3 is 2.60 bits per heavy atom. The molecule has 2 aromatic carbocycles. The smallest absolute Gasteiger partial charge is 0.159 e. The molecule has 0 saturated heterocycles. The SMILES string of the molecule is CC(=O)c1ccc(OCC=Cc2ccccc2)c(Cl)c1. The summed E-state index contributed by atoms with van der Waals surface area (Å²) in [6, 6.07) is 15.0. The van der Waals surface area contributed by atoms with E-state index >= 15 is 0 Å². The van der Waals surface area contributed by atoms with Crippen LogP contribution < -0.4 is 4.74 Å². The molecule has 102 valence electrons. The zero-order chi connectivity index (χ0) is 14.4. The van der Waals surface area contributed by atoms with Crippen LogP contribution in [0.15, 0.2) is 54.6 Å². The number of hydrogen-bond donors (Lipinski definition) is 0. The third-order valence-corrected chi connectivity index (χ3v) is 3.08. The molecule has 0 aliphatic rings. The van der Waals surface area contributed by atoms with Gasteiger partial charge in [-0.3, -0.25) is 4.79 Å². The van der Waals surface area contributed by atoms with E-state index in [1.54, 1.807) is 18.2 Å². The van der Waals surface area contributed by atoms with E-state index in [2.05, 4.69) is 0 Å². The first-order valence-electron chi connectivity index (χ1n) is 6.31. The summed E-state index contributed by atoms with van der Waals surface area (Å²) in [6.45, 7) is 1.93. The Bertz CT molecular complexity index is 618. The second-order valence-electron chi connectivity index (χ2n) is 4.33. The molecule has 0 amide bonds. The summed E-state index contributed by atoms with van der Waals surface area (Å²) in [7, 11) is 0. The molecule has 0 radical (unpaired) electrons. The first-order chi connectivity index (χ1) is 9.66. The first kappa shape index (κ1) is 14.4. The highest BCUT2D eigenvalue weighted by molar-refractivity contribution is 6.32. The van der Waals surface area contributed by atoms with Crippen molar-refractivity contribution in [2.45, 2.75) is 6.92 Å². The van der Waals surface area contributed by atoms with Crippen molar-refractivity contribution in [1.82, 2.24) is 0 Å². The minimum absolute atomic E-state index is 0.0116. The average molecular weight is 287 g/mol. The maximum atomic E-state index is 11.2. The number of ketones is 1. The van der Waals surface area contributed by atoms with Crippen LogP contribution >= 0.6 is 11.6 Å². The van der Waals surface area contributed by atoms with E-state index in [-0.39, 0.29) is 5.78 Å². The molecular formula is C17H15ClO2. The van der Waals surface area contributed by atoms with Gasteiger partial charge in [-0.1, -0.05) is 48.0 Å². The van der Waals surface area contributed by atoms with Crippen LogP contribution in [0.2, 0.25) is 5.02 Å². The highest BCUT2D eigenvalue weighted by atomic mass is 35.5. The van der Waals surface area contributed by atoms with Gasteiger partial charge in [-0.05, 0) is 36.8 Å². The summed E-state index contributed by atoms with van der Waals surface area (Å²) >= 11 is 6.07. The molecule has 2 rings (SSSR count). The molecule has 0 spiro atoms. The van der Waals surface area contributed by atoms with E-state index in [0.717, 1.165) is 5.56 Å². The number of carbonyl (C=O) groups excluding carboxylic acids is 1. The highest BCUT2D eigenvalue weighted by Crippen LogP contribution is 2.25. The largest absolute Gasteiger partial charge is 0.488 e. The number of Topliss-reactive ketones (excluding diaryl/α,β-unsaturated/α-hetero) is 1. The second kappa shape index (κ2) is 6.92. The molecular weight excluding hydrogens is 272 g/mol. The summed E-state index contributed by atoms with van der Waals surface area (Å²) in [5.41, 5.74) is 1.70. The molecule has 0 aliphatic carbocycles. The van der Waals surface area contributed by atoms with Crippen LogP contribution in [-0.2, 0) is 0 Å². The van der Waals surface area contributed by atoms with Crippen LogP contribution in [0.1, 0.15) is 22.8 Å². The molecule has 0 N–H and O–H groups in total. The zero-order valence-electron chi connectivity index (χ0n) is 11.2. The molecule has 3 heteroatoms. The predicted octanol–water partition coefficient (Wildman–Crippen LogP) is 4.63. The highest BCUT2D eigenvalue weighted by Gasteiger charge is 2.05. The van der Waals surface area contributed by atoms with Gasteiger partial charge in [0.05, 0.1) is 5.02 Å². The minimum atomic E-state index is -0.0116. The Balaban J connectivity index is 1.94. The van der Waals surface area contributed by atoms with Gasteiger partial charge in [0.1, 0.15) is 12.4 Å². The summed E-state index contributed by atoms with van der Waals surface area (Å²) in [4.78, 5) is 11.2. The summed E-state index contributed by atoms with van der Waals surface area (Å²) < 4.78 is 5.56. The topological polar surface area (TPSA) is 26.3 Å². The average Bonchev–Trinajstić information content (AvgIpc) is 2.46. The Kier molecular flexibility index (Phi) is 4.97. The molecule has 0 bridgehead atoms. The van der Waals surface area contributed by atoms with Crippen LogP contribution in [0.4, 0.5) is 0 Å². The van der Waals surface area contributed by atoms with Crippen LogP contribution in [-0.4, -0.2) is 12.4 Å². The summed E-state index contributed by atoms with van der Waals surface area (Å²) in [6.07, 6.45) is 3.91. The van der Waals surface area contributed by atoms with E-state index in [4.69, 9.17) is 16.3 Å². The molecule has 0 fully saturated rings. The van der Waals surface area contributed by atoms with Crippen molar-refractivity contribution >= 4 is 23.5 Å². The van der Waals surface area contributed by atoms with Crippen molar-refractivity contribution in [2.75, 3.05) is 6.61 Å². The standard InChI is InChI=1S/C17H15ClO2/c1-13(19)15-9-10-17(16(18)12-15)20-11-5-8-14-6-3-2-4-7-14/h2-10,12H,11H2,1H3. The van der Waals surface area contributed by atoms with Gasteiger partial charge in [0.15, 0.2) is 5.78 Å². The van der Waals surface area contributed by atoms with E-state index in [1.165, 1.54) is 6.92 Å². The van der Waals surface area contributed by atoms with Crippen molar-refractivity contribution in [3.8, 4) is 5.75 Å². The van der Waals surface area contributed by atoms with Crippen LogP contribution in [0.3, 0.4) is 0 Å². The lowest BCUT2D eigenvalue weighted by Gasteiger charge is -2.06. The quantitative estimate of drug-likeness (QED) is 0.749. The number of rotatable bonds is 5. The lowest BCUT2D eigenvalue weighted by Crippen LogP contribution is -1.96. The summed E-state index contributed by atoms with van der Waals surface area (Å²) in [5, 5.41) is 0.450. The van der Waals surface area contributed by atoms with Gasteiger partial charge >= 0.3 is 0 Å². The Labute approximate surface area is 123 Å². The number of benzene rings is 2. The Hall–Kier alpha value is -2.06. The van der Waals surface area contributed by atoms with Crippen molar-refractivity contribution in [2.24, 2.45) is 0 Å². The van der Waals surface area contributed by atoms with E-state index in [9.17, 15) is 4.79 Å². The molecule has 0 saturated carbocycles. The van der Waals surface area contributed by atoms with Gasteiger partial charge in [-0.2, -0.15) is 0 Å². The predicted molar refractivity (Wildman–Crippen MR) is 82.4 cm³/mol. The normalized spacial score (nSPS) is 10.7. The molecule has 2 nitrogen and oxygen atoms in total. The molecule has 20 heavy (non-hydrogen) atoms. The monoisotopic (exact) mass is 286 g/mol. The second-order valence-corrected chi connectivity index (χ2v) is 4.73. The van der Waals surface area contributed by atoms with Gasteiger partial charge in [-0.25, -0.2) is 0 Å². The van der Waals surface area contributed by atoms with Crippen molar-refractivity contribution in [3.63, 3.8) is 0 Å². The fourth-order valence-electron chi connectivity index (χ4n) is 1.72. The fraction of sp³-hybridized carbons (Fsp3) is 0.118. The Morgan fingerprint density at radius 2 is 1.95 bits per heavy atom. The number of hydrogen-bond acceptors (Lipinski definition) is 2. The third-order valence-electron chi connectivity index (χ3n) is 2.78. The third kappa shape index (κ3) is 3.97. The van der Waals surface area contributed by atoms with Crippen LogP contribution in [0, 0.1) is 0 Å². The number of ether oxygens (including phenoxy) is 1. The summed E-state index contributed by atoms with van der Waals surface area (Å²) in [5.74, 6) is 0.566. The number of carbonyl (C=O) groups is 1. The van der Waals surface area contributed by atoms with Gasteiger partial charge in [0, 0.05) is 5.56 Å². The van der Waals surface area contributed by atoms with E-state index in [0.29, 0.717) is 22.9 Å². The first-order valence-corrected chi connectivity index (χ1v) is 6.69. The fourth-order valence-corrected chi connectivity index (χ4v) is 1.96. The molecule has 0 heterocycles. The van der Waals surface area contributed by atoms with Gasteiger partial charge in [0.2, 0.25) is 0 Å². The van der Waals surface area contributed by atoms with Crippen molar-refractivity contribution < 1.29 is 9.53 Å². The molecule has 0 aromatic heterocycles. The molecule has 0 unspecified atom stereocenters. The van der Waals surface area contributed by atoms with Crippen molar-refractivity contribution in [1.29, 1.82) is 0 Å². The molecule has 0 aliphatic heterocycles. The number of halogens is 1. The lowest BCUT2D eigenvalue weighted by atomic mass is 10.1. The molecule has 2 aromatic rings. The van der Waals surface area contributed by atoms with Crippen LogP contribution in [0.25, 0.3) is 6.08 Å². The maximum Gasteiger partial charge on any atom is 0.159 e. The lowest BCUT2D eigenvalue weighted by molar-refractivity contribution is 0.101. The minimum Gasteiger partial charge on any atom is -0.488 e. The zero-order valence-corrected chi connectivity index (χ0v) is 11.9. The van der Waals surface area contributed by atoms with Gasteiger partial charge in [-0.15, -0.1) is 0 Å². The van der Waals surface area contributed by atoms with Crippen molar-refractivity contribution in [3.05, 3.63) is 70.8 Å². The van der Waals surface area contributed by atoms with Crippen LogP contribution in [0.5, 0.6) is 5.75 Å². The maximum absolute atomic E-state index is 11.2. The van der Waals surface area contributed by atoms with Gasteiger partial charge in [0.25, 0.3) is 0 Å². The Morgan fingerprint density at radius 1 is 1.20 bits per heavy atom. The molecule has 0 atom stereocenters. The van der Waals surface area contributed by atoms with E-state index in [1.807, 2.05) is 42.5 Å².